The molecule has 2 aromatic carbocycles. The Labute approximate surface area is 147 Å². The van der Waals surface area contributed by atoms with Crippen LogP contribution >= 0.6 is 0 Å². The number of esters is 1. The summed E-state index contributed by atoms with van der Waals surface area (Å²) in [6.07, 6.45) is 0.966. The van der Waals surface area contributed by atoms with Gasteiger partial charge in [-0.15, -0.1) is 0 Å². The molecule has 0 aliphatic carbocycles. The maximum Gasteiger partial charge on any atom is 0.305 e. The van der Waals surface area contributed by atoms with Crippen molar-refractivity contribution in [2.45, 2.75) is 26.7 Å². The standard InChI is InChI=1S/C18H18O3.C2H5NO/c1-13-3-8-15(9-4-13)18(20)16-10-5-14(6-11-16)7-12-17(19)21-2;1-2(3)4/h3-6,8-11H,7,12H2,1-2H3;1H3,(H2,3,4). The van der Waals surface area contributed by atoms with Crippen LogP contribution in [0.25, 0.3) is 0 Å². The van der Waals surface area contributed by atoms with E-state index in [4.69, 9.17) is 0 Å². The van der Waals surface area contributed by atoms with Crippen molar-refractivity contribution in [2.75, 3.05) is 7.11 Å². The van der Waals surface area contributed by atoms with Gasteiger partial charge in [-0.3, -0.25) is 14.4 Å². The maximum absolute atomic E-state index is 12.3. The average Bonchev–Trinajstić information content (AvgIpc) is 2.59. The quantitative estimate of drug-likeness (QED) is 0.669. The summed E-state index contributed by atoms with van der Waals surface area (Å²) in [6, 6.07) is 14.9. The lowest BCUT2D eigenvalue weighted by atomic mass is 10.00. The van der Waals surface area contributed by atoms with E-state index in [0.29, 0.717) is 24.0 Å². The number of benzene rings is 2. The van der Waals surface area contributed by atoms with E-state index in [1.165, 1.54) is 14.0 Å². The largest absolute Gasteiger partial charge is 0.469 e. The monoisotopic (exact) mass is 341 g/mol. The number of hydrogen-bond acceptors (Lipinski definition) is 4. The molecule has 0 fully saturated rings. The highest BCUT2D eigenvalue weighted by atomic mass is 16.5. The molecule has 0 bridgehead atoms. The van der Waals surface area contributed by atoms with Crippen molar-refractivity contribution in [3.63, 3.8) is 0 Å². The topological polar surface area (TPSA) is 86.5 Å². The van der Waals surface area contributed by atoms with Crippen molar-refractivity contribution in [1.29, 1.82) is 0 Å². The summed E-state index contributed by atoms with van der Waals surface area (Å²) in [5.74, 6) is -0.552. The van der Waals surface area contributed by atoms with Crippen LogP contribution in [0.3, 0.4) is 0 Å². The highest BCUT2D eigenvalue weighted by Crippen LogP contribution is 2.13. The number of ether oxygens (including phenoxy) is 1. The summed E-state index contributed by atoms with van der Waals surface area (Å²) < 4.78 is 4.61. The van der Waals surface area contributed by atoms with Crippen molar-refractivity contribution in [1.82, 2.24) is 0 Å². The molecule has 1 amide bonds. The fourth-order valence-electron chi connectivity index (χ4n) is 2.04. The van der Waals surface area contributed by atoms with Crippen molar-refractivity contribution < 1.29 is 19.1 Å². The van der Waals surface area contributed by atoms with Crippen LogP contribution in [-0.4, -0.2) is 24.8 Å². The molecule has 5 heteroatoms. The minimum atomic E-state index is -0.333. The van der Waals surface area contributed by atoms with Gasteiger partial charge >= 0.3 is 5.97 Å². The number of aryl methyl sites for hydroxylation is 2. The van der Waals surface area contributed by atoms with Gasteiger partial charge in [-0.1, -0.05) is 54.1 Å². The molecule has 0 aromatic heterocycles. The van der Waals surface area contributed by atoms with E-state index in [1.54, 1.807) is 12.1 Å². The molecule has 0 aliphatic rings. The number of hydrogen-bond donors (Lipinski definition) is 1. The minimum absolute atomic E-state index is 0.00881. The van der Waals surface area contributed by atoms with Gasteiger partial charge < -0.3 is 10.5 Å². The third kappa shape index (κ3) is 7.44. The molecule has 5 nitrogen and oxygen atoms in total. The average molecular weight is 341 g/mol. The summed E-state index contributed by atoms with van der Waals surface area (Å²) in [4.78, 5) is 32.6. The highest BCUT2D eigenvalue weighted by molar-refractivity contribution is 6.08. The SMILES string of the molecule is CC(N)=O.COC(=O)CCc1ccc(C(=O)c2ccc(C)cc2)cc1. The molecule has 0 unspecified atom stereocenters. The predicted molar refractivity (Wildman–Crippen MR) is 96.3 cm³/mol. The molecule has 0 heterocycles. The first kappa shape index (κ1) is 20.1. The third-order valence-corrected chi connectivity index (χ3v) is 3.38. The number of carbonyl (C=O) groups is 3. The first-order valence-corrected chi connectivity index (χ1v) is 7.86. The number of ketones is 1. The van der Waals surface area contributed by atoms with Crippen LogP contribution < -0.4 is 5.73 Å². The Bertz CT molecular complexity index is 714. The molecule has 0 aliphatic heterocycles. The Kier molecular flexibility index (Phi) is 8.06. The zero-order valence-electron chi connectivity index (χ0n) is 14.7. The molecular weight excluding hydrogens is 318 g/mol. The highest BCUT2D eigenvalue weighted by Gasteiger charge is 2.09. The van der Waals surface area contributed by atoms with E-state index < -0.39 is 0 Å². The van der Waals surface area contributed by atoms with Crippen LogP contribution in [0.1, 0.15) is 40.4 Å². The Morgan fingerprint density at radius 2 is 1.36 bits per heavy atom. The number of rotatable bonds is 5. The lowest BCUT2D eigenvalue weighted by molar-refractivity contribution is -0.140. The smallest absolute Gasteiger partial charge is 0.305 e. The third-order valence-electron chi connectivity index (χ3n) is 3.38. The Morgan fingerprint density at radius 3 is 1.80 bits per heavy atom. The van der Waals surface area contributed by atoms with Crippen molar-refractivity contribution in [3.8, 4) is 0 Å². The van der Waals surface area contributed by atoms with Crippen LogP contribution in [0.15, 0.2) is 48.5 Å². The van der Waals surface area contributed by atoms with Crippen molar-refractivity contribution in [2.24, 2.45) is 5.73 Å². The Morgan fingerprint density at radius 1 is 0.920 bits per heavy atom. The van der Waals surface area contributed by atoms with Gasteiger partial charge in [-0.05, 0) is 18.9 Å². The second-order valence-electron chi connectivity index (χ2n) is 5.58. The van der Waals surface area contributed by atoms with Crippen LogP contribution in [0, 0.1) is 6.92 Å². The van der Waals surface area contributed by atoms with Gasteiger partial charge in [0.05, 0.1) is 7.11 Å². The molecule has 2 rings (SSSR count). The summed E-state index contributed by atoms with van der Waals surface area (Å²) in [5, 5.41) is 0. The maximum atomic E-state index is 12.3. The number of nitrogens with two attached hydrogens (primary N) is 1. The van der Waals surface area contributed by atoms with E-state index in [0.717, 1.165) is 11.1 Å². The predicted octanol–water partition coefficient (Wildman–Crippen LogP) is 2.82. The lowest BCUT2D eigenvalue weighted by Crippen LogP contribution is -2.03. The molecule has 25 heavy (non-hydrogen) atoms. The zero-order valence-corrected chi connectivity index (χ0v) is 14.7. The van der Waals surface area contributed by atoms with Crippen LogP contribution in [-0.2, 0) is 20.7 Å². The molecule has 0 saturated heterocycles. The summed E-state index contributed by atoms with van der Waals surface area (Å²) >= 11 is 0. The Balaban J connectivity index is 0.000000705. The molecule has 0 atom stereocenters. The van der Waals surface area contributed by atoms with Crippen molar-refractivity contribution >= 4 is 17.7 Å². The first-order chi connectivity index (χ1) is 11.8. The summed E-state index contributed by atoms with van der Waals surface area (Å²) in [5.41, 5.74) is 7.95. The number of carbonyl (C=O) groups excluding carboxylic acids is 3. The lowest BCUT2D eigenvalue weighted by Gasteiger charge is -2.04. The van der Waals surface area contributed by atoms with Gasteiger partial charge in [-0.2, -0.15) is 0 Å². The van der Waals surface area contributed by atoms with Gasteiger partial charge in [0.1, 0.15) is 0 Å². The fraction of sp³-hybridized carbons (Fsp3) is 0.250. The summed E-state index contributed by atoms with van der Waals surface area (Å²) in [6.45, 7) is 3.30. The molecular formula is C20H23NO4. The zero-order chi connectivity index (χ0) is 18.8. The number of primary amides is 1. The van der Waals surface area contributed by atoms with E-state index in [-0.39, 0.29) is 17.7 Å². The second kappa shape index (κ2) is 10.0. The first-order valence-electron chi connectivity index (χ1n) is 7.86. The van der Waals surface area contributed by atoms with Gasteiger partial charge in [0.25, 0.3) is 0 Å². The van der Waals surface area contributed by atoms with E-state index in [9.17, 15) is 14.4 Å². The van der Waals surface area contributed by atoms with Gasteiger partial charge in [0.15, 0.2) is 5.78 Å². The van der Waals surface area contributed by atoms with Gasteiger partial charge in [0.2, 0.25) is 5.91 Å². The van der Waals surface area contributed by atoms with Crippen LogP contribution in [0.5, 0.6) is 0 Å². The van der Waals surface area contributed by atoms with Crippen LogP contribution in [0.4, 0.5) is 0 Å². The van der Waals surface area contributed by atoms with Crippen LogP contribution in [0.2, 0.25) is 0 Å². The van der Waals surface area contributed by atoms with Gasteiger partial charge in [-0.25, -0.2) is 0 Å². The minimum Gasteiger partial charge on any atom is -0.469 e. The molecule has 2 aromatic rings. The Hall–Kier alpha value is -2.95. The van der Waals surface area contributed by atoms with Gasteiger partial charge in [0, 0.05) is 24.5 Å². The molecule has 0 spiro atoms. The number of methoxy groups -OCH3 is 1. The second-order valence-corrected chi connectivity index (χ2v) is 5.58. The van der Waals surface area contributed by atoms with Crippen molar-refractivity contribution in [3.05, 3.63) is 70.8 Å². The van der Waals surface area contributed by atoms with E-state index in [2.05, 4.69) is 10.5 Å². The molecule has 2 N–H and O–H groups in total. The molecule has 132 valence electrons. The van der Waals surface area contributed by atoms with E-state index in [1.807, 2.05) is 43.3 Å². The van der Waals surface area contributed by atoms with E-state index >= 15 is 0 Å². The molecule has 0 radical (unpaired) electrons. The summed E-state index contributed by atoms with van der Waals surface area (Å²) in [7, 11) is 1.38. The number of amides is 1. The molecule has 0 saturated carbocycles. The fourth-order valence-corrected chi connectivity index (χ4v) is 2.04. The normalized spacial score (nSPS) is 9.56.